The quantitative estimate of drug-likeness (QED) is 0.0446. The van der Waals surface area contributed by atoms with Gasteiger partial charge in [0.05, 0.1) is 33.9 Å². The van der Waals surface area contributed by atoms with Crippen molar-refractivity contribution in [3.05, 3.63) is 148 Å². The summed E-state index contributed by atoms with van der Waals surface area (Å²) in [6, 6.07) is 19.2. The number of anilines is 3. The van der Waals surface area contributed by atoms with Gasteiger partial charge in [0, 0.05) is 61.7 Å². The van der Waals surface area contributed by atoms with Crippen LogP contribution >= 0.6 is 47.5 Å². The lowest BCUT2D eigenvalue weighted by Gasteiger charge is -2.44. The number of aromatic nitrogens is 14. The Kier molecular flexibility index (Phi) is 18.6. The zero-order valence-corrected chi connectivity index (χ0v) is 47.8. The van der Waals surface area contributed by atoms with Crippen LogP contribution in [0, 0.1) is 11.8 Å². The number of likely N-dealkylation sites (tertiary alicyclic amines) is 1. The van der Waals surface area contributed by atoms with Gasteiger partial charge in [0.2, 0.25) is 17.7 Å². The van der Waals surface area contributed by atoms with E-state index < -0.39 is 0 Å². The summed E-state index contributed by atoms with van der Waals surface area (Å²) < 4.78 is 18.3. The van der Waals surface area contributed by atoms with Crippen molar-refractivity contribution >= 4 is 97.9 Å². The minimum Gasteiger partial charge on any atom is -0.481 e. The van der Waals surface area contributed by atoms with E-state index in [0.29, 0.717) is 92.4 Å². The van der Waals surface area contributed by atoms with Crippen LogP contribution in [0.2, 0.25) is 0 Å². The molecule has 2 N–H and O–H groups in total. The molecule has 8 aromatic heterocycles. The molecule has 25 heteroatoms. The minimum atomic E-state index is -0.209. The van der Waals surface area contributed by atoms with E-state index in [-0.39, 0.29) is 40.7 Å². The first-order valence-electron chi connectivity index (χ1n) is 24.7. The molecule has 22 nitrogen and oxygen atoms in total. The smallest absolute Gasteiger partial charge is 0.278 e. The molecular weight excluding hydrogens is 1150 g/mol. The van der Waals surface area contributed by atoms with Gasteiger partial charge in [0.15, 0.2) is 38.9 Å². The Morgan fingerprint density at radius 3 is 1.77 bits per heavy atom. The number of hydrogen-bond acceptors (Lipinski definition) is 18. The molecule has 0 aliphatic carbocycles. The summed E-state index contributed by atoms with van der Waals surface area (Å²) in [5, 5.41) is 8.80. The number of H-pyrrole nitrogens is 1. The molecule has 11 rings (SSSR count). The van der Waals surface area contributed by atoms with Gasteiger partial charge in [0.25, 0.3) is 16.7 Å². The lowest BCUT2D eigenvalue weighted by molar-refractivity contribution is 0.125. The number of thioether (sulfide) groups is 2. The summed E-state index contributed by atoms with van der Waals surface area (Å²) in [4.78, 5) is 77.5. The van der Waals surface area contributed by atoms with Crippen molar-refractivity contribution in [1.82, 2.24) is 73.3 Å². The van der Waals surface area contributed by atoms with Gasteiger partial charge < -0.3 is 24.6 Å². The molecule has 10 heterocycles. The van der Waals surface area contributed by atoms with Crippen LogP contribution in [0.1, 0.15) is 12.8 Å². The van der Waals surface area contributed by atoms with Crippen LogP contribution in [0.15, 0.2) is 142 Å². The number of allylic oxidation sites excluding steroid dienone is 3. The molecule has 2 fully saturated rings. The van der Waals surface area contributed by atoms with E-state index in [1.165, 1.54) is 64.5 Å². The number of benzene rings is 1. The number of hydrogen-bond donors (Lipinski definition) is 2. The third-order valence-corrected chi connectivity index (χ3v) is 14.3. The van der Waals surface area contributed by atoms with Gasteiger partial charge in [-0.1, -0.05) is 53.9 Å². The molecule has 9 aromatic rings. The Morgan fingerprint density at radius 1 is 0.654 bits per heavy atom. The third-order valence-electron chi connectivity index (χ3n) is 13.2. The van der Waals surface area contributed by atoms with E-state index in [2.05, 4.69) is 106 Å². The van der Waals surface area contributed by atoms with Gasteiger partial charge in [0.1, 0.15) is 16.2 Å². The fraction of sp³-hybridized carbons (Fsp3) is 0.302. The zero-order chi connectivity index (χ0) is 54.2. The summed E-state index contributed by atoms with van der Waals surface area (Å²) in [6.45, 7) is 16.8. The van der Waals surface area contributed by atoms with Crippen LogP contribution in [0.25, 0.3) is 44.7 Å². The van der Waals surface area contributed by atoms with Gasteiger partial charge in [-0.3, -0.25) is 19.5 Å². The lowest BCUT2D eigenvalue weighted by atomic mass is 9.80. The SMILES string of the molecule is C=CCn1[nH]c2nc(SC)ncc2c1=O.C=CCn1c(=O)c2cnc(Nc3ccc(N4CCC5CN(C)CCC5C4)cc3)nc2n1-c1cccc(OC)n1.C=CCn1c(=O)c2cnc(SC)nc2n1-c1cccc(OC)n1.I. The summed E-state index contributed by atoms with van der Waals surface area (Å²) in [5.41, 5.74) is 3.16. The standard InChI is InChI=1S/C29H34N8O2.C15H15N5O2S.C9H10N4OS.HI/c1-4-14-36-28(38)24-17-30-29(33-27(24)37(36)25-6-5-7-26(32-25)39-3)31-22-8-10-23(11-9-22)35-16-13-20-18-34(2)15-12-21(20)19-35;1-4-8-19-14(21)10-9-16-15(23-3)18-13(10)20(19)11-6-5-7-12(17-11)22-2;1-3-4-13-8(14)6-5-10-9(15-2)11-7(6)12-13;/h4-11,17,20-21H,1,12-16,18-19H2,2-3H3,(H,30,31,33);4-7,9H,1,8H2,2-3H3;3,5H,1,4H2,2H3,(H,10,11,12);1H. The molecular formula is C53H60IN17O5S2. The van der Waals surface area contributed by atoms with E-state index in [1.54, 1.807) is 83.3 Å². The Labute approximate surface area is 474 Å². The number of pyridine rings is 2. The molecule has 2 unspecified atom stereocenters. The highest BCUT2D eigenvalue weighted by molar-refractivity contribution is 14.0. The number of methoxy groups -OCH3 is 2. The van der Waals surface area contributed by atoms with E-state index in [9.17, 15) is 14.4 Å². The van der Waals surface area contributed by atoms with Crippen molar-refractivity contribution in [1.29, 1.82) is 0 Å². The minimum absolute atomic E-state index is 0. The zero-order valence-electron chi connectivity index (χ0n) is 43.9. The number of ether oxygens (including phenoxy) is 2. The van der Waals surface area contributed by atoms with Crippen molar-refractivity contribution in [3.63, 3.8) is 0 Å². The van der Waals surface area contributed by atoms with Gasteiger partial charge in [-0.2, -0.15) is 15.0 Å². The lowest BCUT2D eigenvalue weighted by Crippen LogP contribution is -2.48. The normalized spacial score (nSPS) is 15.1. The molecule has 2 saturated heterocycles. The Morgan fingerprint density at radius 2 is 1.19 bits per heavy atom. The molecule has 0 bridgehead atoms. The monoisotopic (exact) mass is 1210 g/mol. The first-order chi connectivity index (χ1) is 37.5. The Bertz CT molecular complexity index is 3780. The molecule has 78 heavy (non-hydrogen) atoms. The highest BCUT2D eigenvalue weighted by Gasteiger charge is 2.33. The van der Waals surface area contributed by atoms with Crippen molar-refractivity contribution in [2.75, 3.05) is 70.2 Å². The summed E-state index contributed by atoms with van der Waals surface area (Å²) in [7, 11) is 5.34. The maximum Gasteiger partial charge on any atom is 0.278 e. The van der Waals surface area contributed by atoms with Crippen molar-refractivity contribution in [2.24, 2.45) is 11.8 Å². The number of fused-ring (bicyclic) bond motifs is 4. The Balaban J connectivity index is 0.000000173. The molecule has 2 aliphatic rings. The number of nitrogens with one attached hydrogen (secondary N) is 2. The van der Waals surface area contributed by atoms with Crippen LogP contribution in [0.5, 0.6) is 11.8 Å². The highest BCUT2D eigenvalue weighted by Crippen LogP contribution is 2.34. The number of rotatable bonds is 15. The van der Waals surface area contributed by atoms with E-state index >= 15 is 0 Å². The molecule has 0 spiro atoms. The van der Waals surface area contributed by atoms with E-state index in [0.717, 1.165) is 30.6 Å². The largest absolute Gasteiger partial charge is 0.481 e. The molecule has 0 saturated carbocycles. The van der Waals surface area contributed by atoms with E-state index in [4.69, 9.17) is 14.5 Å². The first kappa shape index (κ1) is 56.6. The number of aromatic amines is 1. The predicted molar refractivity (Wildman–Crippen MR) is 318 cm³/mol. The van der Waals surface area contributed by atoms with Gasteiger partial charge in [-0.05, 0) is 87.2 Å². The van der Waals surface area contributed by atoms with Crippen LogP contribution < -0.4 is 36.4 Å². The second-order valence-corrected chi connectivity index (χ2v) is 19.5. The maximum atomic E-state index is 13.2. The molecule has 406 valence electrons. The molecule has 2 aliphatic heterocycles. The molecule has 0 radical (unpaired) electrons. The van der Waals surface area contributed by atoms with E-state index in [1.807, 2.05) is 30.7 Å². The fourth-order valence-corrected chi connectivity index (χ4v) is 10.1. The van der Waals surface area contributed by atoms with Crippen LogP contribution in [-0.2, 0) is 19.6 Å². The second kappa shape index (κ2) is 25.7. The second-order valence-electron chi connectivity index (χ2n) is 18.0. The third kappa shape index (κ3) is 12.1. The van der Waals surface area contributed by atoms with Crippen LogP contribution in [0.3, 0.4) is 0 Å². The van der Waals surface area contributed by atoms with Crippen molar-refractivity contribution in [2.45, 2.75) is 42.8 Å². The summed E-state index contributed by atoms with van der Waals surface area (Å²) >= 11 is 2.85. The average molecular weight is 1210 g/mol. The number of halogens is 1. The van der Waals surface area contributed by atoms with Crippen LogP contribution in [0.4, 0.5) is 17.3 Å². The molecule has 2 atom stereocenters. The maximum absolute atomic E-state index is 13.2. The summed E-state index contributed by atoms with van der Waals surface area (Å²) in [6.07, 6.45) is 15.9. The van der Waals surface area contributed by atoms with Gasteiger partial charge >= 0.3 is 0 Å². The number of piperidine rings is 2. The van der Waals surface area contributed by atoms with Gasteiger partial charge in [-0.15, -0.1) is 43.7 Å². The first-order valence-corrected chi connectivity index (χ1v) is 27.1. The van der Waals surface area contributed by atoms with Gasteiger partial charge in [-0.25, -0.2) is 48.3 Å². The highest BCUT2D eigenvalue weighted by atomic mass is 127. The fourth-order valence-electron chi connectivity index (χ4n) is 9.44. The predicted octanol–water partition coefficient (Wildman–Crippen LogP) is 7.23. The van der Waals surface area contributed by atoms with Crippen molar-refractivity contribution in [3.8, 4) is 23.4 Å². The van der Waals surface area contributed by atoms with Crippen LogP contribution in [-0.4, -0.2) is 133 Å². The molecule has 1 aromatic carbocycles. The van der Waals surface area contributed by atoms with Crippen molar-refractivity contribution < 1.29 is 9.47 Å². The number of nitrogens with zero attached hydrogens (tertiary/aromatic N) is 15. The average Bonchev–Trinajstić information content (AvgIpc) is 4.03. The topological polar surface area (TPSA) is 232 Å². The Hall–Kier alpha value is -7.62. The molecule has 0 amide bonds. The summed E-state index contributed by atoms with van der Waals surface area (Å²) in [5.74, 6) is 3.96.